The van der Waals surface area contributed by atoms with Crippen molar-refractivity contribution < 1.29 is 24.2 Å². The normalized spacial score (nSPS) is 11.0. The zero-order chi connectivity index (χ0) is 17.9. The molecular formula is C16H16N2O6. The van der Waals surface area contributed by atoms with Gasteiger partial charge in [-0.3, -0.25) is 4.79 Å². The minimum atomic E-state index is -1.47. The predicted molar refractivity (Wildman–Crippen MR) is 84.2 cm³/mol. The highest BCUT2D eigenvalue weighted by Crippen LogP contribution is 2.21. The molecule has 0 aliphatic rings. The topological polar surface area (TPSA) is 108 Å². The van der Waals surface area contributed by atoms with Gasteiger partial charge in [0, 0.05) is 11.6 Å². The first-order valence-electron chi connectivity index (χ1n) is 7.01. The average Bonchev–Trinajstić information content (AvgIpc) is 2.46. The van der Waals surface area contributed by atoms with Crippen molar-refractivity contribution >= 4 is 12.2 Å². The van der Waals surface area contributed by atoms with E-state index in [9.17, 15) is 14.4 Å². The highest BCUT2D eigenvalue weighted by molar-refractivity contribution is 5.68. The summed E-state index contributed by atoms with van der Waals surface area (Å²) >= 11 is 0. The molecule has 0 aliphatic carbocycles. The Morgan fingerprint density at radius 3 is 2.25 bits per heavy atom. The largest absolute Gasteiger partial charge is 0.514 e. The van der Waals surface area contributed by atoms with Gasteiger partial charge in [0.2, 0.25) is 0 Å². The lowest BCUT2D eigenvalue weighted by molar-refractivity contribution is 0.0206. The molecule has 0 atom stereocenters. The van der Waals surface area contributed by atoms with Crippen molar-refractivity contribution in [1.82, 2.24) is 9.78 Å². The van der Waals surface area contributed by atoms with Gasteiger partial charge in [0.15, 0.2) is 0 Å². The molecular weight excluding hydrogens is 316 g/mol. The van der Waals surface area contributed by atoms with Gasteiger partial charge in [-0.2, -0.15) is 5.10 Å². The fraction of sp³-hybridized carbons (Fsp3) is 0.250. The van der Waals surface area contributed by atoms with Crippen LogP contribution >= 0.6 is 0 Å². The standard InChI is InChI=1S/C16H16N2O6/c1-16(2,3)24-15(22)23-11-6-4-10(5-7-11)12-8-9-13(19)18(17-12)14(20)21/h4-9H,1-3H3,(H,20,21). The third-order valence-electron chi connectivity index (χ3n) is 2.72. The third kappa shape index (κ3) is 4.42. The molecule has 24 heavy (non-hydrogen) atoms. The van der Waals surface area contributed by atoms with Crippen LogP contribution in [0.4, 0.5) is 9.59 Å². The van der Waals surface area contributed by atoms with Crippen LogP contribution in [0.15, 0.2) is 41.2 Å². The number of rotatable bonds is 2. The molecule has 1 aromatic heterocycles. The van der Waals surface area contributed by atoms with E-state index >= 15 is 0 Å². The van der Waals surface area contributed by atoms with Crippen LogP contribution < -0.4 is 10.3 Å². The Balaban J connectivity index is 2.18. The van der Waals surface area contributed by atoms with E-state index in [1.165, 1.54) is 18.2 Å². The van der Waals surface area contributed by atoms with E-state index in [1.807, 2.05) is 0 Å². The summed E-state index contributed by atoms with van der Waals surface area (Å²) in [6.45, 7) is 5.17. The van der Waals surface area contributed by atoms with Crippen LogP contribution in [0.25, 0.3) is 11.3 Å². The molecule has 0 saturated carbocycles. The van der Waals surface area contributed by atoms with Crippen LogP contribution in [0.1, 0.15) is 20.8 Å². The molecule has 0 unspecified atom stereocenters. The van der Waals surface area contributed by atoms with Gasteiger partial charge >= 0.3 is 12.2 Å². The Morgan fingerprint density at radius 2 is 1.71 bits per heavy atom. The first-order chi connectivity index (χ1) is 11.2. The predicted octanol–water partition coefficient (Wildman–Crippen LogP) is 2.75. The lowest BCUT2D eigenvalue weighted by atomic mass is 10.1. The maximum Gasteiger partial charge on any atom is 0.514 e. The van der Waals surface area contributed by atoms with Crippen LogP contribution in [0.2, 0.25) is 0 Å². The molecule has 0 aliphatic heterocycles. The van der Waals surface area contributed by atoms with Gasteiger partial charge in [-0.1, -0.05) is 0 Å². The smallest absolute Gasteiger partial charge is 0.463 e. The molecule has 1 heterocycles. The molecule has 1 aromatic carbocycles. The SMILES string of the molecule is CC(C)(C)OC(=O)Oc1ccc(-c2ccc(=O)n(C(=O)O)n2)cc1. The fourth-order valence-electron chi connectivity index (χ4n) is 1.76. The highest BCUT2D eigenvalue weighted by atomic mass is 16.7. The Bertz CT molecular complexity index is 818. The van der Waals surface area contributed by atoms with Crippen molar-refractivity contribution in [3.05, 3.63) is 46.8 Å². The molecule has 0 amide bonds. The van der Waals surface area contributed by atoms with E-state index in [1.54, 1.807) is 32.9 Å². The number of nitrogens with zero attached hydrogens (tertiary/aromatic N) is 2. The second kappa shape index (κ2) is 6.53. The number of carbonyl (C=O) groups is 2. The van der Waals surface area contributed by atoms with Gasteiger partial charge in [0.25, 0.3) is 5.56 Å². The average molecular weight is 332 g/mol. The lowest BCUT2D eigenvalue weighted by Crippen LogP contribution is -2.27. The fourth-order valence-corrected chi connectivity index (χ4v) is 1.76. The summed E-state index contributed by atoms with van der Waals surface area (Å²) in [7, 11) is 0. The molecule has 0 radical (unpaired) electrons. The summed E-state index contributed by atoms with van der Waals surface area (Å²) in [4.78, 5) is 33.9. The first kappa shape index (κ1) is 17.2. The second-order valence-electron chi connectivity index (χ2n) is 5.84. The zero-order valence-electron chi connectivity index (χ0n) is 13.3. The quantitative estimate of drug-likeness (QED) is 0.665. The van der Waals surface area contributed by atoms with Gasteiger partial charge < -0.3 is 14.6 Å². The number of hydrogen-bond acceptors (Lipinski definition) is 6. The minimum absolute atomic E-state index is 0.263. The summed E-state index contributed by atoms with van der Waals surface area (Å²) in [5.41, 5.74) is -0.552. The lowest BCUT2D eigenvalue weighted by Gasteiger charge is -2.18. The van der Waals surface area contributed by atoms with Crippen molar-refractivity contribution in [2.24, 2.45) is 0 Å². The number of hydrogen-bond donors (Lipinski definition) is 1. The van der Waals surface area contributed by atoms with Crippen LogP contribution in [0.3, 0.4) is 0 Å². The van der Waals surface area contributed by atoms with E-state index in [2.05, 4.69) is 5.10 Å². The third-order valence-corrected chi connectivity index (χ3v) is 2.72. The molecule has 8 nitrogen and oxygen atoms in total. The van der Waals surface area contributed by atoms with Crippen LogP contribution in [0, 0.1) is 0 Å². The van der Waals surface area contributed by atoms with E-state index < -0.39 is 23.4 Å². The molecule has 126 valence electrons. The van der Waals surface area contributed by atoms with Crippen molar-refractivity contribution in [2.45, 2.75) is 26.4 Å². The van der Waals surface area contributed by atoms with E-state index in [-0.39, 0.29) is 5.75 Å². The molecule has 0 fully saturated rings. The van der Waals surface area contributed by atoms with Crippen molar-refractivity contribution in [3.8, 4) is 17.0 Å². The van der Waals surface area contributed by atoms with Crippen molar-refractivity contribution in [1.29, 1.82) is 0 Å². The molecule has 2 aromatic rings. The Morgan fingerprint density at radius 1 is 1.08 bits per heavy atom. The van der Waals surface area contributed by atoms with Gasteiger partial charge in [-0.15, -0.1) is 4.68 Å². The molecule has 1 N–H and O–H groups in total. The summed E-state index contributed by atoms with van der Waals surface area (Å²) in [5.74, 6) is 0.263. The van der Waals surface area contributed by atoms with Gasteiger partial charge in [-0.25, -0.2) is 9.59 Å². The van der Waals surface area contributed by atoms with Crippen molar-refractivity contribution in [2.75, 3.05) is 0 Å². The minimum Gasteiger partial charge on any atom is -0.463 e. The van der Waals surface area contributed by atoms with Crippen LogP contribution in [-0.4, -0.2) is 32.7 Å². The maximum absolute atomic E-state index is 11.6. The van der Waals surface area contributed by atoms with Crippen LogP contribution in [0.5, 0.6) is 5.75 Å². The van der Waals surface area contributed by atoms with Crippen molar-refractivity contribution in [3.63, 3.8) is 0 Å². The van der Waals surface area contributed by atoms with Gasteiger partial charge in [-0.05, 0) is 51.1 Å². The Kier molecular flexibility index (Phi) is 4.68. The van der Waals surface area contributed by atoms with E-state index in [4.69, 9.17) is 14.6 Å². The maximum atomic E-state index is 11.6. The molecule has 0 saturated heterocycles. The summed E-state index contributed by atoms with van der Waals surface area (Å²) in [6.07, 6.45) is -2.29. The summed E-state index contributed by atoms with van der Waals surface area (Å²) < 4.78 is 10.4. The second-order valence-corrected chi connectivity index (χ2v) is 5.84. The Labute approximate surface area is 137 Å². The van der Waals surface area contributed by atoms with E-state index in [0.29, 0.717) is 15.9 Å². The van der Waals surface area contributed by atoms with Gasteiger partial charge in [0.05, 0.1) is 5.69 Å². The number of ether oxygens (including phenoxy) is 2. The molecule has 0 spiro atoms. The monoisotopic (exact) mass is 332 g/mol. The number of carbonyl (C=O) groups excluding carboxylic acids is 1. The Hall–Kier alpha value is -3.16. The summed E-state index contributed by atoms with van der Waals surface area (Å²) in [5, 5.41) is 12.7. The first-order valence-corrected chi connectivity index (χ1v) is 7.01. The number of carboxylic acid groups (broad SMARTS) is 1. The molecule has 2 rings (SSSR count). The summed E-state index contributed by atoms with van der Waals surface area (Å²) in [6, 6.07) is 8.71. The number of aromatic nitrogens is 2. The zero-order valence-corrected chi connectivity index (χ0v) is 13.3. The van der Waals surface area contributed by atoms with E-state index in [0.717, 1.165) is 6.07 Å². The molecule has 0 bridgehead atoms. The molecule has 8 heteroatoms. The highest BCUT2D eigenvalue weighted by Gasteiger charge is 2.18. The number of benzene rings is 1. The van der Waals surface area contributed by atoms with Gasteiger partial charge in [0.1, 0.15) is 11.4 Å². The van der Waals surface area contributed by atoms with Crippen LogP contribution in [-0.2, 0) is 4.74 Å².